The normalized spacial score (nSPS) is 16.7. The van der Waals surface area contributed by atoms with E-state index in [0.29, 0.717) is 39.1 Å². The summed E-state index contributed by atoms with van der Waals surface area (Å²) >= 11 is 0. The van der Waals surface area contributed by atoms with Crippen LogP contribution in [0.4, 0.5) is 20.6 Å². The van der Waals surface area contributed by atoms with Crippen LogP contribution in [0.25, 0.3) is 0 Å². The topological polar surface area (TPSA) is 64.1 Å². The molecule has 5 rings (SSSR count). The van der Waals surface area contributed by atoms with E-state index in [2.05, 4.69) is 4.90 Å². The summed E-state index contributed by atoms with van der Waals surface area (Å²) in [5, 5.41) is 9.01. The molecule has 7 heteroatoms. The quantitative estimate of drug-likeness (QED) is 0.570. The zero-order chi connectivity index (χ0) is 23.7. The third kappa shape index (κ3) is 4.65. The Hall–Kier alpha value is -3.71. The lowest BCUT2D eigenvalue weighted by Gasteiger charge is -2.36. The van der Waals surface area contributed by atoms with Gasteiger partial charge in [-0.3, -0.25) is 19.5 Å². The van der Waals surface area contributed by atoms with Gasteiger partial charge in [-0.15, -0.1) is 0 Å². The van der Waals surface area contributed by atoms with Gasteiger partial charge in [0.15, 0.2) is 0 Å². The largest absolute Gasteiger partial charge is 0.481 e. The van der Waals surface area contributed by atoms with Crippen molar-refractivity contribution in [3.63, 3.8) is 0 Å². The van der Waals surface area contributed by atoms with Crippen molar-refractivity contribution in [3.05, 3.63) is 95.3 Å². The van der Waals surface area contributed by atoms with Gasteiger partial charge in [0.1, 0.15) is 5.82 Å². The van der Waals surface area contributed by atoms with Gasteiger partial charge in [-0.05, 0) is 59.5 Å². The Morgan fingerprint density at radius 1 is 0.853 bits per heavy atom. The molecule has 0 bridgehead atoms. The molecular formula is C27H26FN3O3. The SMILES string of the molecule is O=C(O)C1CN(Cc2ccc(N3CCN(c4cccc(Cc5ccc(F)cc5)c4)C3=O)cc2)C1. The first-order valence-corrected chi connectivity index (χ1v) is 11.4. The fraction of sp³-hybridized carbons (Fsp3) is 0.259. The minimum atomic E-state index is -0.732. The number of carbonyl (C=O) groups is 2. The van der Waals surface area contributed by atoms with E-state index in [-0.39, 0.29) is 17.8 Å². The van der Waals surface area contributed by atoms with E-state index in [1.54, 1.807) is 21.9 Å². The number of rotatable bonds is 7. The van der Waals surface area contributed by atoms with Gasteiger partial charge in [0, 0.05) is 44.1 Å². The molecule has 0 atom stereocenters. The summed E-state index contributed by atoms with van der Waals surface area (Å²) in [5.41, 5.74) is 4.89. The van der Waals surface area contributed by atoms with Gasteiger partial charge in [-0.1, -0.05) is 36.4 Å². The van der Waals surface area contributed by atoms with Crippen molar-refractivity contribution in [1.29, 1.82) is 0 Å². The van der Waals surface area contributed by atoms with Gasteiger partial charge < -0.3 is 5.11 Å². The lowest BCUT2D eigenvalue weighted by Crippen LogP contribution is -2.49. The van der Waals surface area contributed by atoms with Gasteiger partial charge in [0.25, 0.3) is 0 Å². The first-order chi connectivity index (χ1) is 16.5. The number of benzene rings is 3. The number of carboxylic acid groups (broad SMARTS) is 1. The number of carboxylic acids is 1. The molecule has 0 unspecified atom stereocenters. The number of nitrogens with zero attached hydrogens (tertiary/aromatic N) is 3. The zero-order valence-electron chi connectivity index (χ0n) is 18.7. The molecule has 3 aromatic carbocycles. The number of halogens is 1. The van der Waals surface area contributed by atoms with Crippen LogP contribution >= 0.6 is 0 Å². The molecule has 2 saturated heterocycles. The molecule has 2 amide bonds. The summed E-state index contributed by atoms with van der Waals surface area (Å²) in [6.07, 6.45) is 0.672. The molecule has 0 radical (unpaired) electrons. The van der Waals surface area contributed by atoms with E-state index in [1.165, 1.54) is 12.1 Å². The average Bonchev–Trinajstić information content (AvgIpc) is 3.19. The van der Waals surface area contributed by atoms with Crippen LogP contribution in [-0.4, -0.2) is 48.2 Å². The van der Waals surface area contributed by atoms with Crippen molar-refractivity contribution in [3.8, 4) is 0 Å². The van der Waals surface area contributed by atoms with Crippen molar-refractivity contribution in [1.82, 2.24) is 4.90 Å². The fourth-order valence-corrected chi connectivity index (χ4v) is 4.58. The highest BCUT2D eigenvalue weighted by atomic mass is 19.1. The lowest BCUT2D eigenvalue weighted by atomic mass is 9.99. The van der Waals surface area contributed by atoms with Crippen molar-refractivity contribution < 1.29 is 19.1 Å². The Morgan fingerprint density at radius 2 is 1.50 bits per heavy atom. The molecular weight excluding hydrogens is 433 g/mol. The number of hydrogen-bond acceptors (Lipinski definition) is 3. The Kier molecular flexibility index (Phi) is 6.02. The Morgan fingerprint density at radius 3 is 2.18 bits per heavy atom. The average molecular weight is 460 g/mol. The number of likely N-dealkylation sites (tertiary alicyclic amines) is 1. The molecule has 0 aromatic heterocycles. The first-order valence-electron chi connectivity index (χ1n) is 11.4. The van der Waals surface area contributed by atoms with Gasteiger partial charge in [-0.2, -0.15) is 0 Å². The first kappa shape index (κ1) is 22.1. The molecule has 0 spiro atoms. The van der Waals surface area contributed by atoms with E-state index >= 15 is 0 Å². The number of aliphatic carboxylic acids is 1. The summed E-state index contributed by atoms with van der Waals surface area (Å²) in [7, 11) is 0. The molecule has 0 aliphatic carbocycles. The van der Waals surface area contributed by atoms with Crippen LogP contribution < -0.4 is 9.80 Å². The smallest absolute Gasteiger partial charge is 0.329 e. The molecule has 34 heavy (non-hydrogen) atoms. The lowest BCUT2D eigenvalue weighted by molar-refractivity contribution is -0.147. The highest BCUT2D eigenvalue weighted by Crippen LogP contribution is 2.27. The molecule has 3 aromatic rings. The summed E-state index contributed by atoms with van der Waals surface area (Å²) in [5.74, 6) is -1.24. The summed E-state index contributed by atoms with van der Waals surface area (Å²) in [6.45, 7) is 3.08. The van der Waals surface area contributed by atoms with Gasteiger partial charge in [-0.25, -0.2) is 9.18 Å². The number of urea groups is 1. The molecule has 2 aliphatic heterocycles. The molecule has 2 aliphatic rings. The van der Waals surface area contributed by atoms with Crippen LogP contribution in [0, 0.1) is 11.7 Å². The Balaban J connectivity index is 1.22. The van der Waals surface area contributed by atoms with Crippen LogP contribution in [0.15, 0.2) is 72.8 Å². The van der Waals surface area contributed by atoms with E-state index in [1.807, 2.05) is 48.5 Å². The minimum absolute atomic E-state index is 0.0567. The zero-order valence-corrected chi connectivity index (χ0v) is 18.7. The number of anilines is 2. The summed E-state index contributed by atoms with van der Waals surface area (Å²) < 4.78 is 13.2. The van der Waals surface area contributed by atoms with Crippen LogP contribution in [0.2, 0.25) is 0 Å². The molecule has 1 N–H and O–H groups in total. The van der Waals surface area contributed by atoms with Crippen molar-refractivity contribution in [2.75, 3.05) is 36.0 Å². The highest BCUT2D eigenvalue weighted by molar-refractivity contribution is 6.06. The van der Waals surface area contributed by atoms with Crippen molar-refractivity contribution >= 4 is 23.4 Å². The predicted molar refractivity (Wildman–Crippen MR) is 129 cm³/mol. The van der Waals surface area contributed by atoms with Gasteiger partial charge >= 0.3 is 12.0 Å². The second-order valence-corrected chi connectivity index (χ2v) is 8.95. The Bertz CT molecular complexity index is 1190. The standard InChI is InChI=1S/C27H26FN3O3/c28-23-8-4-19(5-9-23)14-21-2-1-3-25(15-21)31-13-12-30(27(31)34)24-10-6-20(7-11-24)16-29-17-22(18-29)26(32)33/h1-11,15,22H,12-14,16-18H2,(H,32,33). The summed E-state index contributed by atoms with van der Waals surface area (Å²) in [4.78, 5) is 29.8. The van der Waals surface area contributed by atoms with E-state index in [0.717, 1.165) is 28.1 Å². The van der Waals surface area contributed by atoms with Crippen LogP contribution in [0.5, 0.6) is 0 Å². The maximum atomic E-state index is 13.2. The third-order valence-corrected chi connectivity index (χ3v) is 6.51. The van der Waals surface area contributed by atoms with E-state index < -0.39 is 5.97 Å². The summed E-state index contributed by atoms with van der Waals surface area (Å²) in [6, 6.07) is 22.3. The molecule has 2 heterocycles. The maximum Gasteiger partial charge on any atom is 0.329 e. The molecule has 2 fully saturated rings. The highest BCUT2D eigenvalue weighted by Gasteiger charge is 2.33. The van der Waals surface area contributed by atoms with Gasteiger partial charge in [0.2, 0.25) is 0 Å². The number of carbonyl (C=O) groups excluding carboxylic acids is 1. The Labute approximate surface area is 197 Å². The molecule has 0 saturated carbocycles. The minimum Gasteiger partial charge on any atom is -0.481 e. The number of amides is 2. The third-order valence-electron chi connectivity index (χ3n) is 6.51. The second kappa shape index (κ2) is 9.27. The van der Waals surface area contributed by atoms with E-state index in [9.17, 15) is 14.0 Å². The van der Waals surface area contributed by atoms with Crippen molar-refractivity contribution in [2.24, 2.45) is 5.92 Å². The monoisotopic (exact) mass is 459 g/mol. The maximum absolute atomic E-state index is 13.2. The molecule has 174 valence electrons. The predicted octanol–water partition coefficient (Wildman–Crippen LogP) is 4.38. The van der Waals surface area contributed by atoms with Crippen molar-refractivity contribution in [2.45, 2.75) is 13.0 Å². The fourth-order valence-electron chi connectivity index (χ4n) is 4.58. The second-order valence-electron chi connectivity index (χ2n) is 8.95. The van der Waals surface area contributed by atoms with Crippen LogP contribution in [0.1, 0.15) is 16.7 Å². The number of hydrogen-bond donors (Lipinski definition) is 1. The molecule has 6 nitrogen and oxygen atoms in total. The van der Waals surface area contributed by atoms with E-state index in [4.69, 9.17) is 5.11 Å². The van der Waals surface area contributed by atoms with Gasteiger partial charge in [0.05, 0.1) is 5.92 Å². The van der Waals surface area contributed by atoms with Crippen LogP contribution in [-0.2, 0) is 17.8 Å². The van der Waals surface area contributed by atoms with Crippen LogP contribution in [0.3, 0.4) is 0 Å².